The molecule has 27 nitrogen and oxygen atoms in total. The third-order valence-electron chi connectivity index (χ3n) is 9.47. The van der Waals surface area contributed by atoms with E-state index in [9.17, 15) is 52.7 Å². The summed E-state index contributed by atoms with van der Waals surface area (Å²) in [7, 11) is 0. The first-order valence-electron chi connectivity index (χ1n) is 20.6. The van der Waals surface area contributed by atoms with Gasteiger partial charge in [-0.3, -0.25) is 52.7 Å². The van der Waals surface area contributed by atoms with Crippen molar-refractivity contribution in [2.45, 2.75) is 168 Å². The third-order valence-corrected chi connectivity index (χ3v) is 9.47. The first-order valence-corrected chi connectivity index (χ1v) is 20.6. The molecule has 3 aliphatic heterocycles. The molecule has 3 fully saturated rings. The molecule has 0 radical (unpaired) electrons. The van der Waals surface area contributed by atoms with E-state index in [1.807, 2.05) is 0 Å². The first kappa shape index (κ1) is 55.3. The number of amides is 3. The average Bonchev–Trinajstić information content (AvgIpc) is 3.17. The maximum Gasteiger partial charge on any atom is 0.305 e. The minimum atomic E-state index is -1.90. The molecule has 3 amide bonds. The Morgan fingerprint density at radius 2 is 0.582 bits per heavy atom. The number of esters is 8. The van der Waals surface area contributed by atoms with E-state index in [2.05, 4.69) is 16.0 Å². The van der Waals surface area contributed by atoms with Crippen LogP contribution < -0.4 is 16.0 Å². The zero-order valence-corrected chi connectivity index (χ0v) is 38.6. The standard InChI is InChI=1S/C40H57N3O24/c1-15(44)41-29-36(60-23(9)52)33(27(13-56-19(5)48)63-38(29)62-25(11)54)66-40-31(43-17(3)46)37(61-24(10)53)34(28(65-40)14-57-20(6)49)67-39-30(42-16(2)45)35(59-22(8)51)32(58-21(7)50)26(64-39)12-55-18(4)47/h26-40H,12-14H2,1-11H3,(H,41,44)(H,42,45)(H,43,46). The van der Waals surface area contributed by atoms with E-state index in [1.165, 1.54) is 0 Å². The number of rotatable bonds is 18. The van der Waals surface area contributed by atoms with Crippen molar-refractivity contribution in [2.24, 2.45) is 0 Å². The topological polar surface area (TPSA) is 344 Å². The van der Waals surface area contributed by atoms with Crippen molar-refractivity contribution in [1.29, 1.82) is 0 Å². The number of hydrogen-bond donors (Lipinski definition) is 3. The van der Waals surface area contributed by atoms with Gasteiger partial charge in [0.15, 0.2) is 37.0 Å². The van der Waals surface area contributed by atoms with Gasteiger partial charge in [-0.05, 0) is 0 Å². The number of carbonyl (C=O) groups is 11. The maximum atomic E-state index is 13.0. The molecule has 0 aromatic heterocycles. The highest BCUT2D eigenvalue weighted by Crippen LogP contribution is 2.36. The van der Waals surface area contributed by atoms with E-state index in [0.717, 1.165) is 76.2 Å². The lowest BCUT2D eigenvalue weighted by atomic mass is 9.93. The highest BCUT2D eigenvalue weighted by Gasteiger charge is 2.58. The second-order valence-electron chi connectivity index (χ2n) is 15.3. The van der Waals surface area contributed by atoms with Crippen LogP contribution >= 0.6 is 0 Å². The molecule has 15 unspecified atom stereocenters. The summed E-state index contributed by atoms with van der Waals surface area (Å²) in [6.45, 7) is 9.36. The Morgan fingerprint density at radius 3 is 0.866 bits per heavy atom. The van der Waals surface area contributed by atoms with Gasteiger partial charge in [-0.15, -0.1) is 0 Å². The molecule has 0 aliphatic carbocycles. The summed E-state index contributed by atoms with van der Waals surface area (Å²) in [6, 6.07) is -4.82. The molecule has 3 N–H and O–H groups in total. The average molecular weight is 964 g/mol. The first-order chi connectivity index (χ1) is 31.3. The van der Waals surface area contributed by atoms with E-state index >= 15 is 0 Å². The summed E-state index contributed by atoms with van der Waals surface area (Å²) in [4.78, 5) is 138. The van der Waals surface area contributed by atoms with Crippen molar-refractivity contribution in [2.75, 3.05) is 19.8 Å². The van der Waals surface area contributed by atoms with Crippen molar-refractivity contribution in [3.63, 3.8) is 0 Å². The van der Waals surface area contributed by atoms with Crippen LogP contribution in [0, 0.1) is 0 Å². The summed E-state index contributed by atoms with van der Waals surface area (Å²) in [5.41, 5.74) is 0. The monoisotopic (exact) mass is 963 g/mol. The van der Waals surface area contributed by atoms with Crippen LogP contribution in [0.3, 0.4) is 0 Å². The number of carbonyl (C=O) groups excluding carboxylic acids is 11. The van der Waals surface area contributed by atoms with Crippen LogP contribution in [0.1, 0.15) is 76.2 Å². The van der Waals surface area contributed by atoms with Crippen LogP contribution in [-0.4, -0.2) is 177 Å². The second kappa shape index (κ2) is 25.2. The lowest BCUT2D eigenvalue weighted by Crippen LogP contribution is -2.72. The van der Waals surface area contributed by atoms with Gasteiger partial charge < -0.3 is 77.5 Å². The number of ether oxygens (including phenoxy) is 13. The van der Waals surface area contributed by atoms with Crippen LogP contribution in [0.15, 0.2) is 0 Å². The Bertz CT molecular complexity index is 1860. The van der Waals surface area contributed by atoms with Crippen LogP contribution in [0.5, 0.6) is 0 Å². The summed E-state index contributed by atoms with van der Waals surface area (Å²) < 4.78 is 74.9. The zero-order chi connectivity index (χ0) is 50.4. The maximum absolute atomic E-state index is 13.0. The van der Waals surface area contributed by atoms with Gasteiger partial charge in [0, 0.05) is 76.2 Å². The third kappa shape index (κ3) is 17.0. The smallest absolute Gasteiger partial charge is 0.305 e. The quantitative estimate of drug-likeness (QED) is 0.0938. The molecule has 0 spiro atoms. The molecule has 0 aromatic rings. The Morgan fingerprint density at radius 1 is 0.328 bits per heavy atom. The molecule has 27 heteroatoms. The Labute approximate surface area is 383 Å². The lowest BCUT2D eigenvalue weighted by molar-refractivity contribution is -0.352. The summed E-state index contributed by atoms with van der Waals surface area (Å²) in [5, 5.41) is 7.57. The van der Waals surface area contributed by atoms with E-state index in [1.54, 1.807) is 0 Å². The molecule has 15 atom stereocenters. The predicted molar refractivity (Wildman–Crippen MR) is 212 cm³/mol. The zero-order valence-electron chi connectivity index (χ0n) is 38.6. The highest BCUT2D eigenvalue weighted by atomic mass is 16.8. The Balaban J connectivity index is 2.31. The van der Waals surface area contributed by atoms with Gasteiger partial charge in [-0.25, -0.2) is 0 Å². The predicted octanol–water partition coefficient (Wildman–Crippen LogP) is -2.58. The molecule has 3 saturated heterocycles. The molecule has 3 aliphatic rings. The molecule has 0 bridgehead atoms. The van der Waals surface area contributed by atoms with Gasteiger partial charge in [-0.2, -0.15) is 0 Å². The van der Waals surface area contributed by atoms with E-state index in [0.29, 0.717) is 0 Å². The fraction of sp³-hybridized carbons (Fsp3) is 0.725. The van der Waals surface area contributed by atoms with Crippen molar-refractivity contribution >= 4 is 65.5 Å². The highest BCUT2D eigenvalue weighted by molar-refractivity contribution is 5.75. The van der Waals surface area contributed by atoms with E-state index < -0.39 is 177 Å². The van der Waals surface area contributed by atoms with Crippen molar-refractivity contribution in [3.8, 4) is 0 Å². The SMILES string of the molecule is CC(=O)NC1C(OC2C(COC(C)=O)OC(OC3C(COC(C)=O)OC(OC(C)=O)C(NC(C)=O)C3OC(C)=O)C(NC(C)=O)C2OC(C)=O)OC(COC(C)=O)C(OC(C)=O)C1OC(C)=O. The normalized spacial score (nSPS) is 31.2. The van der Waals surface area contributed by atoms with Crippen molar-refractivity contribution in [3.05, 3.63) is 0 Å². The summed E-state index contributed by atoms with van der Waals surface area (Å²) >= 11 is 0. The number of hydrogen-bond acceptors (Lipinski definition) is 24. The van der Waals surface area contributed by atoms with Crippen molar-refractivity contribution in [1.82, 2.24) is 16.0 Å². The molecule has 0 aromatic carbocycles. The number of nitrogens with one attached hydrogen (secondary N) is 3. The molecule has 3 heterocycles. The Hall–Kier alpha value is -6.03. The van der Waals surface area contributed by atoms with Gasteiger partial charge in [-0.1, -0.05) is 0 Å². The van der Waals surface area contributed by atoms with Crippen LogP contribution in [0.25, 0.3) is 0 Å². The molecule has 67 heavy (non-hydrogen) atoms. The van der Waals surface area contributed by atoms with E-state index in [-0.39, 0.29) is 0 Å². The summed E-state index contributed by atoms with van der Waals surface area (Å²) in [6.07, 6.45) is -20.3. The molecule has 3 rings (SSSR count). The fourth-order valence-corrected chi connectivity index (χ4v) is 7.34. The van der Waals surface area contributed by atoms with E-state index in [4.69, 9.17) is 61.6 Å². The molecule has 0 saturated carbocycles. The van der Waals surface area contributed by atoms with Crippen molar-refractivity contribution < 1.29 is 114 Å². The minimum absolute atomic E-state index is 0.646. The largest absolute Gasteiger partial charge is 0.463 e. The lowest BCUT2D eigenvalue weighted by Gasteiger charge is -2.51. The van der Waals surface area contributed by atoms with Gasteiger partial charge >= 0.3 is 47.8 Å². The summed E-state index contributed by atoms with van der Waals surface area (Å²) in [5.74, 6) is -9.50. The molecular formula is C40H57N3O24. The fourth-order valence-electron chi connectivity index (χ4n) is 7.34. The van der Waals surface area contributed by atoms with Crippen LogP contribution in [-0.2, 0) is 114 Å². The Kier molecular flexibility index (Phi) is 20.8. The molecular weight excluding hydrogens is 906 g/mol. The van der Waals surface area contributed by atoms with Gasteiger partial charge in [0.1, 0.15) is 68.5 Å². The van der Waals surface area contributed by atoms with Crippen LogP contribution in [0.4, 0.5) is 0 Å². The van der Waals surface area contributed by atoms with Crippen LogP contribution in [0.2, 0.25) is 0 Å². The van der Waals surface area contributed by atoms with Gasteiger partial charge in [0.2, 0.25) is 24.0 Å². The van der Waals surface area contributed by atoms with Gasteiger partial charge in [0.25, 0.3) is 0 Å². The minimum Gasteiger partial charge on any atom is -0.463 e. The second-order valence-corrected chi connectivity index (χ2v) is 15.3. The molecule has 376 valence electrons. The van der Waals surface area contributed by atoms with Gasteiger partial charge in [0.05, 0.1) is 0 Å².